The molecule has 1 aromatic heterocycles. The van der Waals surface area contributed by atoms with E-state index in [2.05, 4.69) is 42.2 Å². The highest BCUT2D eigenvalue weighted by Crippen LogP contribution is 2.18. The number of hydrogen-bond acceptors (Lipinski definition) is 12. The van der Waals surface area contributed by atoms with Crippen LogP contribution in [0, 0.1) is 6.92 Å². The number of nitrogens with zero attached hydrogens (tertiary/aromatic N) is 1. The normalized spacial score (nSPS) is 12.8. The highest BCUT2D eigenvalue weighted by atomic mass is 16.4. The predicted octanol–water partition coefficient (Wildman–Crippen LogP) is 1.87. The van der Waals surface area contributed by atoms with Gasteiger partial charge in [-0.2, -0.15) is 0 Å². The van der Waals surface area contributed by atoms with Gasteiger partial charge in [0.1, 0.15) is 30.2 Å². The van der Waals surface area contributed by atoms with Gasteiger partial charge in [0.05, 0.1) is 5.56 Å². The first-order valence-electron chi connectivity index (χ1n) is 23.3. The van der Waals surface area contributed by atoms with Gasteiger partial charge in [-0.1, -0.05) is 54.6 Å². The molecule has 24 nitrogen and oxygen atoms in total. The van der Waals surface area contributed by atoms with Crippen molar-refractivity contribution in [3.63, 3.8) is 0 Å². The molecule has 24 heteroatoms. The van der Waals surface area contributed by atoms with Crippen molar-refractivity contribution < 1.29 is 78.3 Å². The van der Waals surface area contributed by atoms with Gasteiger partial charge >= 0.3 is 35.9 Å². The van der Waals surface area contributed by atoms with E-state index in [9.17, 15) is 73.2 Å². The number of aromatic nitrogens is 1. The Morgan fingerprint density at radius 1 is 0.486 bits per heavy atom. The molecule has 1 heterocycles. The van der Waals surface area contributed by atoms with Gasteiger partial charge in [0.2, 0.25) is 17.7 Å². The lowest BCUT2D eigenvalue weighted by Gasteiger charge is -2.23. The van der Waals surface area contributed by atoms with Crippen molar-refractivity contribution >= 4 is 76.2 Å². The molecule has 0 saturated carbocycles. The second-order valence-electron chi connectivity index (χ2n) is 17.1. The summed E-state index contributed by atoms with van der Waals surface area (Å²) in [5, 5.41) is 65.5. The molecule has 12 N–H and O–H groups in total. The molecule has 5 atom stereocenters. The van der Waals surface area contributed by atoms with Crippen LogP contribution in [-0.2, 0) is 51.3 Å². The van der Waals surface area contributed by atoms with E-state index >= 15 is 0 Å². The van der Waals surface area contributed by atoms with Crippen molar-refractivity contribution in [1.82, 2.24) is 42.2 Å². The largest absolute Gasteiger partial charge is 0.481 e. The summed E-state index contributed by atoms with van der Waals surface area (Å²) in [6.45, 7) is 1.58. The Bertz CT molecular complexity index is 2680. The number of aliphatic carboxylic acids is 5. The van der Waals surface area contributed by atoms with Crippen LogP contribution in [0.25, 0.3) is 10.8 Å². The number of rotatable bonds is 30. The zero-order chi connectivity index (χ0) is 54.3. The second-order valence-corrected chi connectivity index (χ2v) is 17.1. The zero-order valence-corrected chi connectivity index (χ0v) is 40.1. The molecule has 0 aliphatic rings. The number of carbonyl (C=O) groups excluding carboxylic acids is 6. The van der Waals surface area contributed by atoms with Gasteiger partial charge in [0.15, 0.2) is 0 Å². The number of carbonyl (C=O) groups is 11. The van der Waals surface area contributed by atoms with Crippen LogP contribution in [0.15, 0.2) is 85.1 Å². The Labute approximate surface area is 423 Å². The van der Waals surface area contributed by atoms with E-state index < -0.39 is 121 Å². The van der Waals surface area contributed by atoms with Gasteiger partial charge in [-0.3, -0.25) is 43.3 Å². The van der Waals surface area contributed by atoms with Gasteiger partial charge in [-0.05, 0) is 91.6 Å². The number of carboxylic acid groups (broad SMARTS) is 5. The Morgan fingerprint density at radius 2 is 1.00 bits per heavy atom. The third kappa shape index (κ3) is 19.7. The molecule has 0 spiro atoms. The van der Waals surface area contributed by atoms with Crippen LogP contribution in [0.5, 0.6) is 0 Å². The van der Waals surface area contributed by atoms with Crippen molar-refractivity contribution in [3.8, 4) is 0 Å². The first-order chi connectivity index (χ1) is 35.2. The molecule has 0 aliphatic heterocycles. The minimum atomic E-state index is -1.58. The third-order valence-electron chi connectivity index (χ3n) is 11.4. The molecule has 7 amide bonds. The van der Waals surface area contributed by atoms with E-state index in [1.54, 1.807) is 13.0 Å². The summed E-state index contributed by atoms with van der Waals surface area (Å²) in [5.41, 5.74) is 2.03. The van der Waals surface area contributed by atoms with E-state index in [1.165, 1.54) is 36.5 Å². The molecule has 4 unspecified atom stereocenters. The van der Waals surface area contributed by atoms with E-state index in [0.717, 1.165) is 16.3 Å². The lowest BCUT2D eigenvalue weighted by atomic mass is 10.0. The van der Waals surface area contributed by atoms with Crippen molar-refractivity contribution in [2.45, 2.75) is 108 Å². The zero-order valence-electron chi connectivity index (χ0n) is 40.1. The molecule has 0 radical (unpaired) electrons. The molecule has 0 saturated heterocycles. The Kier molecular flexibility index (Phi) is 22.4. The number of carboxylic acids is 5. The summed E-state index contributed by atoms with van der Waals surface area (Å²) < 4.78 is 0. The number of benzene rings is 3. The minimum Gasteiger partial charge on any atom is -0.481 e. The molecule has 0 aliphatic carbocycles. The monoisotopic (exact) mass is 1030 g/mol. The summed E-state index contributed by atoms with van der Waals surface area (Å²) in [4.78, 5) is 141. The van der Waals surface area contributed by atoms with Gasteiger partial charge in [-0.25, -0.2) is 14.4 Å². The van der Waals surface area contributed by atoms with E-state index in [1.807, 2.05) is 42.5 Å². The molecule has 0 bridgehead atoms. The molecule has 4 aromatic rings. The lowest BCUT2D eigenvalue weighted by Crippen LogP contribution is -2.53. The topological polar surface area (TPSA) is 386 Å². The fraction of sp³-hybridized carbons (Fsp3) is 0.360. The first kappa shape index (κ1) is 57.6. The van der Waals surface area contributed by atoms with Crippen LogP contribution in [0.1, 0.15) is 95.3 Å². The number of urea groups is 1. The maximum Gasteiger partial charge on any atom is 0.326 e. The summed E-state index contributed by atoms with van der Waals surface area (Å²) >= 11 is 0. The minimum absolute atomic E-state index is 0.0345. The van der Waals surface area contributed by atoms with Gasteiger partial charge in [0.25, 0.3) is 11.8 Å². The fourth-order valence-corrected chi connectivity index (χ4v) is 7.28. The average molecular weight is 1030 g/mol. The number of amides is 7. The fourth-order valence-electron chi connectivity index (χ4n) is 7.28. The molecule has 0 fully saturated rings. The predicted molar refractivity (Wildman–Crippen MR) is 261 cm³/mol. The number of aryl methyl sites for hydroxylation is 1. The number of pyridine rings is 1. The van der Waals surface area contributed by atoms with Crippen molar-refractivity contribution in [2.24, 2.45) is 0 Å². The van der Waals surface area contributed by atoms with Crippen LogP contribution < -0.4 is 37.2 Å². The number of hydrogen-bond donors (Lipinski definition) is 12. The van der Waals surface area contributed by atoms with Gasteiger partial charge in [0, 0.05) is 56.2 Å². The maximum atomic E-state index is 13.7. The quantitative estimate of drug-likeness (QED) is 0.0332. The Balaban J connectivity index is 1.38. The standard InChI is InChI=1S/C50H58N8O16/c1-28-9-13-34(27-52-28)44(66)54-36(18-21-41(61)62)47(69)55-35(17-20-40(59)60)45(67)53-26-29-10-15-32(16-11-29)43(65)56-39(25-30-12-14-31-6-2-3-7-33(31)24-30)46(68)51-23-5-4-8-37(48(70)71)57-50(74)58-38(49(72)73)19-22-42(63)64/h2-3,6-7,9-16,24,27,35-39H,4-5,8,17-23,25-26H2,1H3,(H,51,68)(H,53,67)(H,54,66)(H,55,69)(H,56,65)(H,59,60)(H,61,62)(H,63,64)(H,70,71)(H,72,73)(H2,57,58,74)/t35?,36?,37?,38-,39?/m0/s1. The number of fused-ring (bicyclic) bond motifs is 1. The SMILES string of the molecule is Cc1ccc(C(=O)NC(CCC(=O)O)C(=O)NC(CCC(=O)O)C(=O)NCc2ccc(C(=O)NC(Cc3ccc4ccccc4c3)C(=O)NCCCCC(NC(=O)N[C@@H](CCC(=O)O)C(=O)O)C(=O)O)cc2)cn1. The maximum absolute atomic E-state index is 13.7. The van der Waals surface area contributed by atoms with Gasteiger partial charge in [-0.15, -0.1) is 0 Å². The van der Waals surface area contributed by atoms with Crippen LogP contribution in [0.2, 0.25) is 0 Å². The molecule has 394 valence electrons. The number of nitrogens with one attached hydrogen (secondary N) is 7. The first-order valence-corrected chi connectivity index (χ1v) is 23.3. The molecule has 74 heavy (non-hydrogen) atoms. The highest BCUT2D eigenvalue weighted by Gasteiger charge is 2.29. The van der Waals surface area contributed by atoms with Crippen molar-refractivity contribution in [2.75, 3.05) is 6.54 Å². The summed E-state index contributed by atoms with van der Waals surface area (Å²) in [5.74, 6) is -10.4. The van der Waals surface area contributed by atoms with Crippen LogP contribution in [0.4, 0.5) is 4.79 Å². The summed E-state index contributed by atoms with van der Waals surface area (Å²) in [6.07, 6.45) is -1.12. The van der Waals surface area contributed by atoms with Crippen LogP contribution >= 0.6 is 0 Å². The number of unbranched alkanes of at least 4 members (excludes halogenated alkanes) is 1. The Hall–Kier alpha value is -8.96. The van der Waals surface area contributed by atoms with E-state index in [0.29, 0.717) is 11.3 Å². The highest BCUT2D eigenvalue weighted by molar-refractivity contribution is 5.99. The summed E-state index contributed by atoms with van der Waals surface area (Å²) in [7, 11) is 0. The Morgan fingerprint density at radius 3 is 1.58 bits per heavy atom. The summed E-state index contributed by atoms with van der Waals surface area (Å²) in [6, 6.07) is 13.9. The van der Waals surface area contributed by atoms with E-state index in [-0.39, 0.29) is 62.7 Å². The molecule has 4 rings (SSSR count). The smallest absolute Gasteiger partial charge is 0.326 e. The van der Waals surface area contributed by atoms with Crippen LogP contribution in [-0.4, -0.2) is 133 Å². The van der Waals surface area contributed by atoms with E-state index in [4.69, 9.17) is 5.11 Å². The van der Waals surface area contributed by atoms with Crippen molar-refractivity contribution in [3.05, 3.63) is 113 Å². The molecular formula is C50H58N8O16. The molecular weight excluding hydrogens is 969 g/mol. The lowest BCUT2D eigenvalue weighted by molar-refractivity contribution is -0.141. The third-order valence-corrected chi connectivity index (χ3v) is 11.4. The van der Waals surface area contributed by atoms with Crippen LogP contribution in [0.3, 0.4) is 0 Å². The average Bonchev–Trinajstić information content (AvgIpc) is 3.35. The van der Waals surface area contributed by atoms with Crippen molar-refractivity contribution in [1.29, 1.82) is 0 Å². The van der Waals surface area contributed by atoms with Gasteiger partial charge < -0.3 is 62.8 Å². The molecule has 3 aromatic carbocycles. The second kappa shape index (κ2) is 28.8.